The molecule has 0 saturated heterocycles. The van der Waals surface area contributed by atoms with E-state index in [1.807, 2.05) is 13.8 Å². The van der Waals surface area contributed by atoms with Crippen molar-refractivity contribution in [3.8, 4) is 23.0 Å². The van der Waals surface area contributed by atoms with Crippen molar-refractivity contribution in [2.24, 2.45) is 4.99 Å². The number of fused-ring (bicyclic) bond motifs is 1. The van der Waals surface area contributed by atoms with Gasteiger partial charge in [-0.25, -0.2) is 14.6 Å². The van der Waals surface area contributed by atoms with E-state index in [0.29, 0.717) is 50.0 Å². The predicted octanol–water partition coefficient (Wildman–Crippen LogP) is 3.46. The van der Waals surface area contributed by atoms with E-state index >= 15 is 0 Å². The third-order valence-corrected chi connectivity index (χ3v) is 7.28. The van der Waals surface area contributed by atoms with Crippen molar-refractivity contribution in [3.63, 3.8) is 0 Å². The van der Waals surface area contributed by atoms with E-state index in [9.17, 15) is 14.4 Å². The number of thiazole rings is 1. The molecule has 0 radical (unpaired) electrons. The van der Waals surface area contributed by atoms with Crippen molar-refractivity contribution in [3.05, 3.63) is 78.5 Å². The van der Waals surface area contributed by atoms with Crippen molar-refractivity contribution in [2.75, 3.05) is 26.9 Å². The normalized spacial score (nSPS) is 14.7. The number of allylic oxidation sites excluding steroid dienone is 1. The number of benzene rings is 2. The van der Waals surface area contributed by atoms with Crippen LogP contribution in [0.1, 0.15) is 51.8 Å². The Labute approximate surface area is 252 Å². The first-order valence-electron chi connectivity index (χ1n) is 13.7. The Hall–Kier alpha value is -4.58. The Morgan fingerprint density at radius 1 is 1.05 bits per heavy atom. The fourth-order valence-corrected chi connectivity index (χ4v) is 5.65. The smallest absolute Gasteiger partial charge is 0.341 e. The van der Waals surface area contributed by atoms with Gasteiger partial charge >= 0.3 is 11.9 Å². The third-order valence-electron chi connectivity index (χ3n) is 6.30. The summed E-state index contributed by atoms with van der Waals surface area (Å²) in [6.45, 7) is 9.01. The number of ether oxygens (including phenoxy) is 5. The van der Waals surface area contributed by atoms with Crippen molar-refractivity contribution in [2.45, 2.75) is 46.8 Å². The third kappa shape index (κ3) is 6.91. The van der Waals surface area contributed by atoms with Gasteiger partial charge in [0.2, 0.25) is 0 Å². The molecule has 0 spiro atoms. The number of esters is 1. The monoisotopic (exact) mass is 610 g/mol. The van der Waals surface area contributed by atoms with Gasteiger partial charge in [0.25, 0.3) is 5.56 Å². The lowest BCUT2D eigenvalue weighted by atomic mass is 9.95. The zero-order valence-electron chi connectivity index (χ0n) is 24.8. The van der Waals surface area contributed by atoms with Gasteiger partial charge in [0.15, 0.2) is 34.4 Å². The zero-order valence-corrected chi connectivity index (χ0v) is 25.6. The maximum atomic E-state index is 14.0. The second kappa shape index (κ2) is 13.6. The molecule has 4 rings (SSSR count). The van der Waals surface area contributed by atoms with Gasteiger partial charge < -0.3 is 28.8 Å². The quantitative estimate of drug-likeness (QED) is 0.306. The van der Waals surface area contributed by atoms with Crippen LogP contribution in [-0.4, -0.2) is 54.6 Å². The molecule has 2 aromatic carbocycles. The molecule has 0 unspecified atom stereocenters. The molecule has 3 aromatic rings. The molecule has 0 saturated carbocycles. The first-order valence-corrected chi connectivity index (χ1v) is 14.5. The van der Waals surface area contributed by atoms with Crippen LogP contribution >= 0.6 is 11.3 Å². The van der Waals surface area contributed by atoms with E-state index in [4.69, 9.17) is 28.8 Å². The molecule has 11 nitrogen and oxygen atoms in total. The first kappa shape index (κ1) is 31.4. The van der Waals surface area contributed by atoms with Crippen LogP contribution in [0.5, 0.6) is 23.0 Å². The Morgan fingerprint density at radius 2 is 1.79 bits per heavy atom. The number of carbonyl (C=O) groups excluding carboxylic acids is 1. The molecule has 43 heavy (non-hydrogen) atoms. The summed E-state index contributed by atoms with van der Waals surface area (Å²) in [5.41, 5.74) is 1.59. The molecule has 0 aliphatic carbocycles. The van der Waals surface area contributed by atoms with Gasteiger partial charge in [0.05, 0.1) is 48.3 Å². The van der Waals surface area contributed by atoms with Crippen LogP contribution in [0.3, 0.4) is 0 Å². The second-order valence-corrected chi connectivity index (χ2v) is 10.7. The van der Waals surface area contributed by atoms with Crippen molar-refractivity contribution in [1.82, 2.24) is 4.57 Å². The number of hydrogen-bond donors (Lipinski definition) is 1. The number of aliphatic carboxylic acids is 1. The molecule has 0 bridgehead atoms. The largest absolute Gasteiger partial charge is 0.493 e. The molecular weight excluding hydrogens is 576 g/mol. The standard InChI is InChI=1S/C31H34N2O9S/c1-7-39-24-13-19(9-11-21(24)41-16-26(34)35)14-25-29(36)33-28(20-10-12-22(42-17(3)4)23(15-20)38-6)27(30(37)40-8-2)18(5)32-31(33)43-25/h9-15,17,28H,7-8,16H2,1-6H3,(H,34,35)/b25-14-/t28-/m1/s1. The summed E-state index contributed by atoms with van der Waals surface area (Å²) in [6, 6.07) is 9.44. The molecule has 0 fully saturated rings. The Morgan fingerprint density at radius 3 is 2.44 bits per heavy atom. The average molecular weight is 611 g/mol. The number of rotatable bonds is 12. The summed E-state index contributed by atoms with van der Waals surface area (Å²) in [4.78, 5) is 43.2. The van der Waals surface area contributed by atoms with Gasteiger partial charge in [0.1, 0.15) is 0 Å². The number of aromatic nitrogens is 1. The lowest BCUT2D eigenvalue weighted by Crippen LogP contribution is -2.40. The first-order chi connectivity index (χ1) is 20.6. The van der Waals surface area contributed by atoms with E-state index in [1.54, 1.807) is 63.2 Å². The zero-order chi connectivity index (χ0) is 31.3. The highest BCUT2D eigenvalue weighted by molar-refractivity contribution is 7.07. The number of carboxylic acid groups (broad SMARTS) is 1. The number of carboxylic acids is 1. The number of methoxy groups -OCH3 is 1. The highest BCUT2D eigenvalue weighted by Gasteiger charge is 2.34. The fourth-order valence-electron chi connectivity index (χ4n) is 4.61. The van der Waals surface area contributed by atoms with Crippen LogP contribution in [-0.2, 0) is 14.3 Å². The van der Waals surface area contributed by atoms with Crippen LogP contribution < -0.4 is 33.8 Å². The van der Waals surface area contributed by atoms with Gasteiger partial charge in [0, 0.05) is 0 Å². The molecule has 1 atom stereocenters. The Bertz CT molecular complexity index is 1740. The molecule has 1 N–H and O–H groups in total. The Kier molecular flexibility index (Phi) is 9.92. The van der Waals surface area contributed by atoms with E-state index in [1.165, 1.54) is 23.0 Å². The van der Waals surface area contributed by atoms with E-state index in [-0.39, 0.29) is 29.6 Å². The molecule has 1 aliphatic heterocycles. The van der Waals surface area contributed by atoms with Crippen molar-refractivity contribution >= 4 is 29.4 Å². The summed E-state index contributed by atoms with van der Waals surface area (Å²) in [5.74, 6) is -0.0641. The van der Waals surface area contributed by atoms with Gasteiger partial charge in [-0.05, 0) is 76.1 Å². The van der Waals surface area contributed by atoms with Crippen molar-refractivity contribution < 1.29 is 38.4 Å². The van der Waals surface area contributed by atoms with Crippen molar-refractivity contribution in [1.29, 1.82) is 0 Å². The minimum Gasteiger partial charge on any atom is -0.493 e. The predicted molar refractivity (Wildman–Crippen MR) is 160 cm³/mol. The van der Waals surface area contributed by atoms with E-state index in [0.717, 1.165) is 0 Å². The molecule has 2 heterocycles. The summed E-state index contributed by atoms with van der Waals surface area (Å²) in [6.07, 6.45) is 1.60. The molecule has 12 heteroatoms. The minimum absolute atomic E-state index is 0.0873. The molecule has 228 valence electrons. The number of nitrogens with zero attached hydrogens (tertiary/aromatic N) is 2. The van der Waals surface area contributed by atoms with Gasteiger partial charge in [-0.1, -0.05) is 23.5 Å². The van der Waals surface area contributed by atoms with Gasteiger partial charge in [-0.3, -0.25) is 9.36 Å². The summed E-state index contributed by atoms with van der Waals surface area (Å²) in [5, 5.41) is 8.98. The molecular formula is C31H34N2O9S. The van der Waals surface area contributed by atoms with Crippen LogP contribution in [0.2, 0.25) is 0 Å². The fraction of sp³-hybridized carbons (Fsp3) is 0.355. The number of hydrogen-bond acceptors (Lipinski definition) is 10. The topological polar surface area (TPSA) is 135 Å². The Balaban J connectivity index is 1.88. The number of carbonyl (C=O) groups is 2. The van der Waals surface area contributed by atoms with Crippen LogP contribution in [0.15, 0.2) is 57.5 Å². The SMILES string of the molecule is CCOC(=O)C1=C(C)N=c2s/c(=C\c3ccc(OCC(=O)O)c(OCC)c3)c(=O)n2[C@@H]1c1ccc(OC(C)C)c(OC)c1. The highest BCUT2D eigenvalue weighted by atomic mass is 32.1. The maximum absolute atomic E-state index is 14.0. The van der Waals surface area contributed by atoms with Crippen LogP contribution in [0.4, 0.5) is 0 Å². The molecule has 1 aromatic heterocycles. The second-order valence-electron chi connectivity index (χ2n) is 9.70. The lowest BCUT2D eigenvalue weighted by molar-refractivity contribution is -0.140. The minimum atomic E-state index is -1.11. The van der Waals surface area contributed by atoms with Gasteiger partial charge in [-0.2, -0.15) is 0 Å². The lowest BCUT2D eigenvalue weighted by Gasteiger charge is -2.25. The summed E-state index contributed by atoms with van der Waals surface area (Å²) >= 11 is 1.18. The molecule has 0 amide bonds. The van der Waals surface area contributed by atoms with Crippen LogP contribution in [0.25, 0.3) is 6.08 Å². The average Bonchev–Trinajstić information content (AvgIpc) is 3.25. The van der Waals surface area contributed by atoms with Crippen LogP contribution in [0, 0.1) is 0 Å². The van der Waals surface area contributed by atoms with Gasteiger partial charge in [-0.15, -0.1) is 0 Å². The highest BCUT2D eigenvalue weighted by Crippen LogP contribution is 2.36. The maximum Gasteiger partial charge on any atom is 0.341 e. The van der Waals surface area contributed by atoms with E-state index < -0.39 is 24.6 Å². The summed E-state index contributed by atoms with van der Waals surface area (Å²) in [7, 11) is 1.53. The summed E-state index contributed by atoms with van der Waals surface area (Å²) < 4.78 is 29.7. The van der Waals surface area contributed by atoms with E-state index in [2.05, 4.69) is 4.99 Å². The molecule has 1 aliphatic rings.